The fourth-order valence-electron chi connectivity index (χ4n) is 2.19. The number of thiophene rings is 1. The summed E-state index contributed by atoms with van der Waals surface area (Å²) >= 11 is 7.61. The van der Waals surface area contributed by atoms with Crippen molar-refractivity contribution in [1.82, 2.24) is 4.90 Å². The molecule has 2 rings (SSSR count). The molecule has 4 heteroatoms. The van der Waals surface area contributed by atoms with E-state index >= 15 is 0 Å². The van der Waals surface area contributed by atoms with Gasteiger partial charge in [0.05, 0.1) is 4.34 Å². The van der Waals surface area contributed by atoms with Crippen molar-refractivity contribution in [3.05, 3.63) is 51.2 Å². The van der Waals surface area contributed by atoms with Crippen LogP contribution in [0.3, 0.4) is 0 Å². The molecule has 2 nitrogen and oxygen atoms in total. The molecule has 0 aliphatic carbocycles. The lowest BCUT2D eigenvalue weighted by Gasteiger charge is -2.19. The first kappa shape index (κ1) is 15.4. The Labute approximate surface area is 130 Å². The highest BCUT2D eigenvalue weighted by atomic mass is 35.5. The number of hydrogen-bond acceptors (Lipinski definition) is 3. The summed E-state index contributed by atoms with van der Waals surface area (Å²) in [4.78, 5) is 3.66. The molecule has 0 aliphatic rings. The summed E-state index contributed by atoms with van der Waals surface area (Å²) in [6.07, 6.45) is 1.14. The molecular weight excluding hydrogens is 288 g/mol. The standard InChI is InChI=1S/C16H21ClN2S/c1-12(13-3-5-14(18)6-4-13)9-10-19(2)11-15-7-8-16(17)20-15/h3-8,12H,9-11,18H2,1-2H3. The second kappa shape index (κ2) is 7.11. The number of nitrogens with two attached hydrogens (primary N) is 1. The van der Waals surface area contributed by atoms with Crippen LogP contribution in [0.25, 0.3) is 0 Å². The Bertz CT molecular complexity index is 536. The van der Waals surface area contributed by atoms with Crippen LogP contribution >= 0.6 is 22.9 Å². The number of hydrogen-bond donors (Lipinski definition) is 1. The third-order valence-corrected chi connectivity index (χ3v) is 4.72. The van der Waals surface area contributed by atoms with Gasteiger partial charge >= 0.3 is 0 Å². The SMILES string of the molecule is CC(CCN(C)Cc1ccc(Cl)s1)c1ccc(N)cc1. The van der Waals surface area contributed by atoms with E-state index < -0.39 is 0 Å². The van der Waals surface area contributed by atoms with Gasteiger partial charge in [0, 0.05) is 17.1 Å². The monoisotopic (exact) mass is 308 g/mol. The molecule has 0 saturated carbocycles. The van der Waals surface area contributed by atoms with Crippen molar-refractivity contribution in [3.8, 4) is 0 Å². The van der Waals surface area contributed by atoms with Crippen molar-refractivity contribution in [1.29, 1.82) is 0 Å². The Hall–Kier alpha value is -1.03. The Morgan fingerprint density at radius 3 is 2.50 bits per heavy atom. The van der Waals surface area contributed by atoms with Crippen LogP contribution in [-0.2, 0) is 6.54 Å². The van der Waals surface area contributed by atoms with E-state index in [9.17, 15) is 0 Å². The van der Waals surface area contributed by atoms with E-state index in [1.54, 1.807) is 11.3 Å². The van der Waals surface area contributed by atoms with Gasteiger partial charge in [-0.2, -0.15) is 0 Å². The summed E-state index contributed by atoms with van der Waals surface area (Å²) in [5.41, 5.74) is 7.90. The smallest absolute Gasteiger partial charge is 0.0931 e. The quantitative estimate of drug-likeness (QED) is 0.790. The Morgan fingerprint density at radius 2 is 1.90 bits per heavy atom. The van der Waals surface area contributed by atoms with Crippen LogP contribution in [0.5, 0.6) is 0 Å². The van der Waals surface area contributed by atoms with Crippen molar-refractivity contribution in [2.75, 3.05) is 19.3 Å². The molecule has 108 valence electrons. The highest BCUT2D eigenvalue weighted by molar-refractivity contribution is 7.16. The minimum Gasteiger partial charge on any atom is -0.399 e. The summed E-state index contributed by atoms with van der Waals surface area (Å²) in [7, 11) is 2.16. The minimum atomic E-state index is 0.546. The molecule has 1 aromatic heterocycles. The number of nitrogens with zero attached hydrogens (tertiary/aromatic N) is 1. The lowest BCUT2D eigenvalue weighted by atomic mass is 9.97. The number of halogens is 1. The second-order valence-electron chi connectivity index (χ2n) is 5.30. The third kappa shape index (κ3) is 4.51. The predicted molar refractivity (Wildman–Crippen MR) is 89.5 cm³/mol. The van der Waals surface area contributed by atoms with E-state index in [0.29, 0.717) is 5.92 Å². The second-order valence-corrected chi connectivity index (χ2v) is 7.10. The summed E-state index contributed by atoms with van der Waals surface area (Å²) in [6, 6.07) is 12.3. The lowest BCUT2D eigenvalue weighted by Crippen LogP contribution is -2.19. The van der Waals surface area contributed by atoms with Gasteiger partial charge in [-0.15, -0.1) is 11.3 Å². The van der Waals surface area contributed by atoms with Gasteiger partial charge in [-0.1, -0.05) is 30.7 Å². The first-order valence-corrected chi connectivity index (χ1v) is 8.02. The molecule has 0 fully saturated rings. The Morgan fingerprint density at radius 1 is 1.20 bits per heavy atom. The molecule has 1 heterocycles. The topological polar surface area (TPSA) is 29.3 Å². The highest BCUT2D eigenvalue weighted by Crippen LogP contribution is 2.24. The number of anilines is 1. The fourth-order valence-corrected chi connectivity index (χ4v) is 3.35. The summed E-state index contributed by atoms with van der Waals surface area (Å²) < 4.78 is 0.864. The van der Waals surface area contributed by atoms with Crippen LogP contribution in [0.15, 0.2) is 36.4 Å². The Balaban J connectivity index is 1.80. The average Bonchev–Trinajstić information content (AvgIpc) is 2.82. The molecule has 2 N–H and O–H groups in total. The minimum absolute atomic E-state index is 0.546. The van der Waals surface area contributed by atoms with Crippen molar-refractivity contribution in [2.45, 2.75) is 25.8 Å². The zero-order chi connectivity index (χ0) is 14.5. The molecule has 0 amide bonds. The van der Waals surface area contributed by atoms with Crippen molar-refractivity contribution in [2.24, 2.45) is 0 Å². The summed E-state index contributed by atoms with van der Waals surface area (Å²) in [5, 5.41) is 0. The van der Waals surface area contributed by atoms with Crippen LogP contribution in [0.1, 0.15) is 29.7 Å². The van der Waals surface area contributed by atoms with E-state index in [4.69, 9.17) is 17.3 Å². The van der Waals surface area contributed by atoms with Gasteiger partial charge in [0.15, 0.2) is 0 Å². The zero-order valence-electron chi connectivity index (χ0n) is 12.0. The van der Waals surface area contributed by atoms with Crippen LogP contribution in [0.4, 0.5) is 5.69 Å². The third-order valence-electron chi connectivity index (χ3n) is 3.50. The lowest BCUT2D eigenvalue weighted by molar-refractivity contribution is 0.316. The molecule has 1 aromatic carbocycles. The maximum absolute atomic E-state index is 5.95. The molecule has 20 heavy (non-hydrogen) atoms. The van der Waals surface area contributed by atoms with Gasteiger partial charge in [0.1, 0.15) is 0 Å². The van der Waals surface area contributed by atoms with Gasteiger partial charge in [0.2, 0.25) is 0 Å². The maximum Gasteiger partial charge on any atom is 0.0931 e. The van der Waals surface area contributed by atoms with Crippen LogP contribution in [-0.4, -0.2) is 18.5 Å². The molecule has 0 radical (unpaired) electrons. The highest BCUT2D eigenvalue weighted by Gasteiger charge is 2.08. The van der Waals surface area contributed by atoms with E-state index in [0.717, 1.165) is 29.5 Å². The molecule has 0 aliphatic heterocycles. The van der Waals surface area contributed by atoms with Gasteiger partial charge in [-0.05, 0) is 55.8 Å². The maximum atomic E-state index is 5.95. The molecular formula is C16H21ClN2S. The first-order chi connectivity index (χ1) is 9.54. The van der Waals surface area contributed by atoms with Gasteiger partial charge in [0.25, 0.3) is 0 Å². The van der Waals surface area contributed by atoms with Crippen LogP contribution < -0.4 is 5.73 Å². The van der Waals surface area contributed by atoms with Crippen LogP contribution in [0, 0.1) is 0 Å². The van der Waals surface area contributed by atoms with E-state index in [2.05, 4.69) is 37.1 Å². The van der Waals surface area contributed by atoms with Gasteiger partial charge in [-0.3, -0.25) is 0 Å². The average molecular weight is 309 g/mol. The van der Waals surface area contributed by atoms with Crippen molar-refractivity contribution >= 4 is 28.6 Å². The van der Waals surface area contributed by atoms with Crippen LogP contribution in [0.2, 0.25) is 4.34 Å². The normalized spacial score (nSPS) is 12.8. The van der Waals surface area contributed by atoms with E-state index in [1.165, 1.54) is 10.4 Å². The number of benzene rings is 1. The first-order valence-electron chi connectivity index (χ1n) is 6.83. The van der Waals surface area contributed by atoms with E-state index in [-0.39, 0.29) is 0 Å². The van der Waals surface area contributed by atoms with Crippen molar-refractivity contribution in [3.63, 3.8) is 0 Å². The molecule has 0 saturated heterocycles. The zero-order valence-corrected chi connectivity index (χ0v) is 13.5. The number of nitrogen functional groups attached to an aromatic ring is 1. The van der Waals surface area contributed by atoms with Gasteiger partial charge in [-0.25, -0.2) is 0 Å². The summed E-state index contributed by atoms with van der Waals surface area (Å²) in [6.45, 7) is 4.30. The molecule has 0 bridgehead atoms. The predicted octanol–water partition coefficient (Wildman–Crippen LogP) is 4.61. The molecule has 2 aromatic rings. The number of rotatable bonds is 6. The largest absolute Gasteiger partial charge is 0.399 e. The van der Waals surface area contributed by atoms with Gasteiger partial charge < -0.3 is 10.6 Å². The summed E-state index contributed by atoms with van der Waals surface area (Å²) in [5.74, 6) is 0.546. The van der Waals surface area contributed by atoms with Crippen molar-refractivity contribution < 1.29 is 0 Å². The van der Waals surface area contributed by atoms with E-state index in [1.807, 2.05) is 18.2 Å². The fraction of sp³-hybridized carbons (Fsp3) is 0.375. The molecule has 1 atom stereocenters. The Kier molecular flexibility index (Phi) is 5.46. The molecule has 0 spiro atoms. The molecule has 1 unspecified atom stereocenters.